The number of benzene rings is 1. The molecule has 0 aromatic heterocycles. The van der Waals surface area contributed by atoms with Gasteiger partial charge in [0.15, 0.2) is 9.84 Å². The lowest BCUT2D eigenvalue weighted by Gasteiger charge is -2.07. The minimum absolute atomic E-state index is 0.0122. The Morgan fingerprint density at radius 1 is 1.44 bits per heavy atom. The molecule has 5 heteroatoms. The number of carbonyl (C=O) groups excluding carboxylic acids is 1. The topological polar surface area (TPSA) is 60.4 Å². The normalized spacial score (nSPS) is 14.4. The molecule has 0 radical (unpaired) electrons. The molecule has 4 nitrogen and oxygen atoms in total. The van der Waals surface area contributed by atoms with Crippen molar-refractivity contribution in [1.82, 2.24) is 0 Å². The van der Waals surface area contributed by atoms with Crippen molar-refractivity contribution in [3.63, 3.8) is 0 Å². The summed E-state index contributed by atoms with van der Waals surface area (Å²) in [5.74, 6) is -0.476. The van der Waals surface area contributed by atoms with E-state index in [2.05, 4.69) is 6.58 Å². The molecule has 1 aliphatic rings. The van der Waals surface area contributed by atoms with Crippen LogP contribution in [-0.4, -0.2) is 20.6 Å². The number of esters is 1. The lowest BCUT2D eigenvalue weighted by atomic mass is 10.1. The molecule has 0 aliphatic carbocycles. The zero-order valence-corrected chi connectivity index (χ0v) is 9.50. The van der Waals surface area contributed by atoms with E-state index in [0.717, 1.165) is 6.26 Å². The van der Waals surface area contributed by atoms with E-state index in [1.165, 1.54) is 6.08 Å². The Morgan fingerprint density at radius 3 is 2.69 bits per heavy atom. The van der Waals surface area contributed by atoms with Gasteiger partial charge in [0.25, 0.3) is 0 Å². The molecule has 1 aromatic carbocycles. The highest BCUT2D eigenvalue weighted by atomic mass is 32.2. The Hall–Kier alpha value is -1.62. The van der Waals surface area contributed by atoms with Crippen LogP contribution in [0.2, 0.25) is 0 Å². The summed E-state index contributed by atoms with van der Waals surface area (Å²) in [5.41, 5.74) is 1.26. The Balaban J connectivity index is 2.84. The Labute approximate surface area is 93.5 Å². The van der Waals surface area contributed by atoms with Gasteiger partial charge in [0.2, 0.25) is 0 Å². The highest BCUT2D eigenvalue weighted by Gasteiger charge is 2.29. The van der Waals surface area contributed by atoms with Gasteiger partial charge in [0.1, 0.15) is 6.61 Å². The molecule has 1 heterocycles. The zero-order chi connectivity index (χ0) is 11.9. The second-order valence-electron chi connectivity index (χ2n) is 3.56. The number of hydrogen-bond acceptors (Lipinski definition) is 4. The summed E-state index contributed by atoms with van der Waals surface area (Å²) < 4.78 is 28.1. The van der Waals surface area contributed by atoms with Gasteiger partial charge in [-0.25, -0.2) is 13.2 Å². The molecule has 1 aliphatic heterocycles. The van der Waals surface area contributed by atoms with E-state index < -0.39 is 15.8 Å². The van der Waals surface area contributed by atoms with Crippen LogP contribution in [0.4, 0.5) is 0 Å². The Kier molecular flexibility index (Phi) is 2.35. The summed E-state index contributed by atoms with van der Waals surface area (Å²) in [6, 6.07) is 3.13. The Morgan fingerprint density at radius 2 is 2.12 bits per heavy atom. The fourth-order valence-electron chi connectivity index (χ4n) is 1.79. The summed E-state index contributed by atoms with van der Waals surface area (Å²) in [4.78, 5) is 11.4. The molecular formula is C11H10O4S. The van der Waals surface area contributed by atoms with Crippen LogP contribution in [0.3, 0.4) is 0 Å². The van der Waals surface area contributed by atoms with Gasteiger partial charge >= 0.3 is 5.97 Å². The number of hydrogen-bond donors (Lipinski definition) is 0. The standard InChI is InChI=1S/C11H10O4S/c1-3-7-4-5-8-9(6-15-11(8)12)10(7)16(2,13)14/h3-5H,1,6H2,2H3. The largest absolute Gasteiger partial charge is 0.457 e. The van der Waals surface area contributed by atoms with Crippen LogP contribution in [-0.2, 0) is 21.2 Å². The van der Waals surface area contributed by atoms with Crippen LogP contribution in [0.25, 0.3) is 6.08 Å². The molecule has 0 fully saturated rings. The number of carbonyl (C=O) groups is 1. The second-order valence-corrected chi connectivity index (χ2v) is 5.52. The van der Waals surface area contributed by atoms with E-state index in [0.29, 0.717) is 16.7 Å². The Bertz CT molecular complexity index is 584. The van der Waals surface area contributed by atoms with Crippen molar-refractivity contribution in [3.05, 3.63) is 35.4 Å². The first-order valence-electron chi connectivity index (χ1n) is 4.60. The van der Waals surface area contributed by atoms with Crippen LogP contribution in [0, 0.1) is 0 Å². The minimum Gasteiger partial charge on any atom is -0.457 e. The van der Waals surface area contributed by atoms with Crippen LogP contribution in [0.15, 0.2) is 23.6 Å². The molecule has 0 saturated carbocycles. The average Bonchev–Trinajstić information content (AvgIpc) is 2.57. The third-order valence-electron chi connectivity index (χ3n) is 2.45. The van der Waals surface area contributed by atoms with Crippen LogP contribution in [0.1, 0.15) is 21.5 Å². The SMILES string of the molecule is C=Cc1ccc2c(c1S(C)(=O)=O)COC2=O. The van der Waals surface area contributed by atoms with E-state index in [-0.39, 0.29) is 11.5 Å². The molecule has 2 rings (SSSR count). The van der Waals surface area contributed by atoms with Gasteiger partial charge in [-0.05, 0) is 11.6 Å². The quantitative estimate of drug-likeness (QED) is 0.731. The lowest BCUT2D eigenvalue weighted by molar-refractivity contribution is 0.0534. The minimum atomic E-state index is -3.40. The molecule has 0 unspecified atom stereocenters. The molecule has 0 bridgehead atoms. The highest BCUT2D eigenvalue weighted by molar-refractivity contribution is 7.90. The van der Waals surface area contributed by atoms with Crippen molar-refractivity contribution < 1.29 is 17.9 Å². The molecule has 0 spiro atoms. The van der Waals surface area contributed by atoms with E-state index >= 15 is 0 Å². The van der Waals surface area contributed by atoms with Crippen molar-refractivity contribution in [3.8, 4) is 0 Å². The van der Waals surface area contributed by atoms with E-state index in [1.807, 2.05) is 0 Å². The fraction of sp³-hybridized carbons (Fsp3) is 0.182. The van der Waals surface area contributed by atoms with Crippen LogP contribution < -0.4 is 0 Å². The van der Waals surface area contributed by atoms with Gasteiger partial charge in [-0.3, -0.25) is 0 Å². The molecule has 0 N–H and O–H groups in total. The number of sulfone groups is 1. The van der Waals surface area contributed by atoms with Crippen molar-refractivity contribution in [2.75, 3.05) is 6.26 Å². The molecule has 0 saturated heterocycles. The lowest BCUT2D eigenvalue weighted by Crippen LogP contribution is -2.05. The molecule has 0 amide bonds. The van der Waals surface area contributed by atoms with Gasteiger partial charge in [-0.1, -0.05) is 18.7 Å². The fourth-order valence-corrected chi connectivity index (χ4v) is 2.99. The van der Waals surface area contributed by atoms with Crippen LogP contribution >= 0.6 is 0 Å². The molecule has 1 aromatic rings. The van der Waals surface area contributed by atoms with Gasteiger partial charge < -0.3 is 4.74 Å². The molecule has 0 atom stereocenters. The number of rotatable bonds is 2. The van der Waals surface area contributed by atoms with Crippen LogP contribution in [0.5, 0.6) is 0 Å². The maximum Gasteiger partial charge on any atom is 0.338 e. The van der Waals surface area contributed by atoms with Crippen molar-refractivity contribution in [1.29, 1.82) is 0 Å². The van der Waals surface area contributed by atoms with Gasteiger partial charge in [0.05, 0.1) is 10.5 Å². The average molecular weight is 238 g/mol. The molecular weight excluding hydrogens is 228 g/mol. The zero-order valence-electron chi connectivity index (χ0n) is 8.69. The summed E-state index contributed by atoms with van der Waals surface area (Å²) >= 11 is 0. The van der Waals surface area contributed by atoms with E-state index in [1.54, 1.807) is 12.1 Å². The molecule has 16 heavy (non-hydrogen) atoms. The summed E-state index contributed by atoms with van der Waals surface area (Å²) in [7, 11) is -3.40. The summed E-state index contributed by atoms with van der Waals surface area (Å²) in [6.07, 6.45) is 2.57. The first-order valence-corrected chi connectivity index (χ1v) is 6.50. The van der Waals surface area contributed by atoms with Crippen molar-refractivity contribution in [2.45, 2.75) is 11.5 Å². The van der Waals surface area contributed by atoms with E-state index in [4.69, 9.17) is 4.74 Å². The predicted octanol–water partition coefficient (Wildman–Crippen LogP) is 1.40. The maximum absolute atomic E-state index is 11.7. The number of cyclic esters (lactones) is 1. The number of ether oxygens (including phenoxy) is 1. The van der Waals surface area contributed by atoms with Crippen molar-refractivity contribution >= 4 is 21.9 Å². The third-order valence-corrected chi connectivity index (χ3v) is 3.67. The predicted molar refractivity (Wildman–Crippen MR) is 58.8 cm³/mol. The first-order chi connectivity index (χ1) is 7.45. The smallest absolute Gasteiger partial charge is 0.338 e. The van der Waals surface area contributed by atoms with Gasteiger partial charge in [-0.2, -0.15) is 0 Å². The highest BCUT2D eigenvalue weighted by Crippen LogP contribution is 2.30. The molecule has 84 valence electrons. The van der Waals surface area contributed by atoms with E-state index in [9.17, 15) is 13.2 Å². The summed E-state index contributed by atoms with van der Waals surface area (Å²) in [5, 5.41) is 0. The monoisotopic (exact) mass is 238 g/mol. The third kappa shape index (κ3) is 1.53. The second kappa shape index (κ2) is 3.45. The summed E-state index contributed by atoms with van der Waals surface area (Å²) in [6.45, 7) is 3.57. The van der Waals surface area contributed by atoms with Gasteiger partial charge in [0, 0.05) is 11.8 Å². The van der Waals surface area contributed by atoms with Crippen molar-refractivity contribution in [2.24, 2.45) is 0 Å². The van der Waals surface area contributed by atoms with Gasteiger partial charge in [-0.15, -0.1) is 0 Å². The first kappa shape index (κ1) is 10.9. The maximum atomic E-state index is 11.7. The number of fused-ring (bicyclic) bond motifs is 1.